The molecule has 118 valence electrons. The van der Waals surface area contributed by atoms with Gasteiger partial charge in [-0.2, -0.15) is 0 Å². The summed E-state index contributed by atoms with van der Waals surface area (Å²) < 4.78 is 10.3. The number of rotatable bonds is 9. The van der Waals surface area contributed by atoms with Crippen LogP contribution in [0.5, 0.6) is 0 Å². The van der Waals surface area contributed by atoms with E-state index in [9.17, 15) is 9.90 Å². The Hall–Kier alpha value is -1.43. The zero-order valence-electron chi connectivity index (χ0n) is 13.0. The Morgan fingerprint density at radius 3 is 2.52 bits per heavy atom. The van der Waals surface area contributed by atoms with Crippen LogP contribution in [0.25, 0.3) is 0 Å². The van der Waals surface area contributed by atoms with Gasteiger partial charge in [0.05, 0.1) is 25.4 Å². The number of nitrogens with one attached hydrogen (secondary N) is 1. The van der Waals surface area contributed by atoms with Crippen molar-refractivity contribution >= 4 is 5.91 Å². The van der Waals surface area contributed by atoms with Gasteiger partial charge in [0.25, 0.3) is 5.91 Å². The van der Waals surface area contributed by atoms with Gasteiger partial charge in [0.2, 0.25) is 0 Å². The molecule has 0 aliphatic heterocycles. The fraction of sp³-hybridized carbons (Fsp3) is 0.562. The Bertz CT molecular complexity index is 417. The van der Waals surface area contributed by atoms with Crippen molar-refractivity contribution in [1.29, 1.82) is 0 Å². The van der Waals surface area contributed by atoms with E-state index in [1.54, 1.807) is 12.1 Å². The van der Waals surface area contributed by atoms with Crippen LogP contribution in [0.15, 0.2) is 24.3 Å². The molecule has 0 saturated carbocycles. The molecule has 21 heavy (non-hydrogen) atoms. The van der Waals surface area contributed by atoms with Gasteiger partial charge in [-0.25, -0.2) is 0 Å². The van der Waals surface area contributed by atoms with Gasteiger partial charge in [-0.3, -0.25) is 4.79 Å². The van der Waals surface area contributed by atoms with Crippen molar-refractivity contribution in [3.8, 4) is 0 Å². The number of aliphatic hydroxyl groups is 1. The Kier molecular flexibility index (Phi) is 7.97. The molecule has 0 saturated heterocycles. The van der Waals surface area contributed by atoms with Gasteiger partial charge in [0.1, 0.15) is 0 Å². The van der Waals surface area contributed by atoms with Crippen LogP contribution in [0.1, 0.15) is 36.2 Å². The summed E-state index contributed by atoms with van der Waals surface area (Å²) in [6.45, 7) is 5.21. The highest BCUT2D eigenvalue weighted by atomic mass is 16.5. The molecule has 0 bridgehead atoms. The van der Waals surface area contributed by atoms with Crippen molar-refractivity contribution in [3.63, 3.8) is 0 Å². The molecule has 0 radical (unpaired) electrons. The molecule has 1 atom stereocenters. The van der Waals surface area contributed by atoms with Crippen LogP contribution >= 0.6 is 0 Å². The second kappa shape index (κ2) is 9.50. The first-order valence-electron chi connectivity index (χ1n) is 7.18. The molecule has 1 rings (SSSR count). The number of ether oxygens (including phenoxy) is 2. The van der Waals surface area contributed by atoms with Gasteiger partial charge in [0.15, 0.2) is 0 Å². The summed E-state index contributed by atoms with van der Waals surface area (Å²) >= 11 is 0. The number of carbonyl (C=O) groups excluding carboxylic acids is 1. The molecule has 5 heteroatoms. The number of benzene rings is 1. The van der Waals surface area contributed by atoms with Gasteiger partial charge >= 0.3 is 0 Å². The largest absolute Gasteiger partial charge is 0.391 e. The SMILES string of the molecule is COCC(O)CCNC(=O)c1ccc(COC(C)C)cc1. The van der Waals surface area contributed by atoms with E-state index in [1.807, 2.05) is 26.0 Å². The summed E-state index contributed by atoms with van der Waals surface area (Å²) in [4.78, 5) is 11.9. The first-order valence-corrected chi connectivity index (χ1v) is 7.18. The zero-order chi connectivity index (χ0) is 15.7. The maximum atomic E-state index is 11.9. The normalized spacial score (nSPS) is 12.4. The van der Waals surface area contributed by atoms with E-state index in [2.05, 4.69) is 5.32 Å². The number of hydrogen-bond donors (Lipinski definition) is 2. The van der Waals surface area contributed by atoms with E-state index in [-0.39, 0.29) is 18.6 Å². The molecule has 0 fully saturated rings. The summed E-state index contributed by atoms with van der Waals surface area (Å²) in [6, 6.07) is 7.33. The highest BCUT2D eigenvalue weighted by molar-refractivity contribution is 5.94. The Labute approximate surface area is 126 Å². The number of methoxy groups -OCH3 is 1. The fourth-order valence-electron chi connectivity index (χ4n) is 1.75. The Morgan fingerprint density at radius 1 is 1.29 bits per heavy atom. The average molecular weight is 295 g/mol. The van der Waals surface area contributed by atoms with Gasteiger partial charge < -0.3 is 19.9 Å². The summed E-state index contributed by atoms with van der Waals surface area (Å²) in [5.74, 6) is -0.143. The molecule has 0 spiro atoms. The van der Waals surface area contributed by atoms with Crippen LogP contribution in [0, 0.1) is 0 Å². The lowest BCUT2D eigenvalue weighted by Gasteiger charge is -2.11. The minimum Gasteiger partial charge on any atom is -0.391 e. The predicted molar refractivity (Wildman–Crippen MR) is 81.2 cm³/mol. The van der Waals surface area contributed by atoms with Gasteiger partial charge in [-0.05, 0) is 38.0 Å². The molecule has 0 heterocycles. The molecule has 1 unspecified atom stereocenters. The summed E-state index contributed by atoms with van der Waals surface area (Å²) in [7, 11) is 1.53. The quantitative estimate of drug-likeness (QED) is 0.728. The van der Waals surface area contributed by atoms with E-state index in [1.165, 1.54) is 7.11 Å². The Morgan fingerprint density at radius 2 is 1.95 bits per heavy atom. The topological polar surface area (TPSA) is 67.8 Å². The van der Waals surface area contributed by atoms with Crippen molar-refractivity contribution in [2.75, 3.05) is 20.3 Å². The molecule has 5 nitrogen and oxygen atoms in total. The number of hydrogen-bond acceptors (Lipinski definition) is 4. The first-order chi connectivity index (χ1) is 10.0. The second-order valence-electron chi connectivity index (χ2n) is 5.21. The van der Waals surface area contributed by atoms with E-state index >= 15 is 0 Å². The standard InChI is InChI=1S/C16H25NO4/c1-12(2)21-10-13-4-6-14(7-5-13)16(19)17-9-8-15(18)11-20-3/h4-7,12,15,18H,8-11H2,1-3H3,(H,17,19). The van der Waals surface area contributed by atoms with Gasteiger partial charge in [-0.15, -0.1) is 0 Å². The van der Waals surface area contributed by atoms with Crippen LogP contribution in [0.3, 0.4) is 0 Å². The van der Waals surface area contributed by atoms with Crippen LogP contribution in [0.2, 0.25) is 0 Å². The molecule has 0 aliphatic rings. The molecule has 1 aromatic rings. The molecule has 0 aromatic heterocycles. The van der Waals surface area contributed by atoms with Crippen molar-refractivity contribution in [2.24, 2.45) is 0 Å². The van der Waals surface area contributed by atoms with E-state index < -0.39 is 6.10 Å². The average Bonchev–Trinajstić information content (AvgIpc) is 2.45. The molecular weight excluding hydrogens is 270 g/mol. The lowest BCUT2D eigenvalue weighted by Crippen LogP contribution is -2.28. The third-order valence-corrected chi connectivity index (χ3v) is 2.92. The van der Waals surface area contributed by atoms with Crippen molar-refractivity contribution in [3.05, 3.63) is 35.4 Å². The predicted octanol–water partition coefficient (Wildman–Crippen LogP) is 1.74. The minimum atomic E-state index is -0.550. The lowest BCUT2D eigenvalue weighted by atomic mass is 10.1. The Balaban J connectivity index is 2.37. The zero-order valence-corrected chi connectivity index (χ0v) is 13.0. The fourth-order valence-corrected chi connectivity index (χ4v) is 1.75. The lowest BCUT2D eigenvalue weighted by molar-refractivity contribution is 0.0587. The van der Waals surface area contributed by atoms with Crippen LogP contribution in [-0.4, -0.2) is 43.5 Å². The molecular formula is C16H25NO4. The van der Waals surface area contributed by atoms with Crippen LogP contribution in [0.4, 0.5) is 0 Å². The van der Waals surface area contributed by atoms with Crippen molar-refractivity contribution in [1.82, 2.24) is 5.32 Å². The van der Waals surface area contributed by atoms with Crippen molar-refractivity contribution in [2.45, 2.75) is 39.1 Å². The maximum Gasteiger partial charge on any atom is 0.251 e. The van der Waals surface area contributed by atoms with Gasteiger partial charge in [0, 0.05) is 19.2 Å². The van der Waals surface area contributed by atoms with E-state index in [4.69, 9.17) is 9.47 Å². The molecule has 1 aromatic carbocycles. The number of amides is 1. The summed E-state index contributed by atoms with van der Waals surface area (Å²) in [5.41, 5.74) is 1.64. The summed E-state index contributed by atoms with van der Waals surface area (Å²) in [6.07, 6.45) is 0.109. The highest BCUT2D eigenvalue weighted by Crippen LogP contribution is 2.07. The number of carbonyl (C=O) groups is 1. The monoisotopic (exact) mass is 295 g/mol. The molecule has 0 aliphatic carbocycles. The van der Waals surface area contributed by atoms with Crippen LogP contribution < -0.4 is 5.32 Å². The number of aliphatic hydroxyl groups excluding tert-OH is 1. The first kappa shape index (κ1) is 17.6. The summed E-state index contributed by atoms with van der Waals surface area (Å²) in [5, 5.41) is 12.3. The third-order valence-electron chi connectivity index (χ3n) is 2.92. The third kappa shape index (κ3) is 7.22. The molecule has 1 amide bonds. The smallest absolute Gasteiger partial charge is 0.251 e. The van der Waals surface area contributed by atoms with E-state index in [0.717, 1.165) is 5.56 Å². The highest BCUT2D eigenvalue weighted by Gasteiger charge is 2.07. The maximum absolute atomic E-state index is 11.9. The van der Waals surface area contributed by atoms with Gasteiger partial charge in [-0.1, -0.05) is 12.1 Å². The van der Waals surface area contributed by atoms with Crippen LogP contribution in [-0.2, 0) is 16.1 Å². The molecule has 2 N–H and O–H groups in total. The van der Waals surface area contributed by atoms with Crippen molar-refractivity contribution < 1.29 is 19.4 Å². The minimum absolute atomic E-state index is 0.143. The van der Waals surface area contributed by atoms with E-state index in [0.29, 0.717) is 25.1 Å². The second-order valence-corrected chi connectivity index (χ2v) is 5.21.